The molecule has 0 amide bonds. The molecule has 3 rings (SSSR count). The Morgan fingerprint density at radius 1 is 0.853 bits per heavy atom. The Hall–Kier alpha value is -3.89. The minimum atomic E-state index is -4.65. The van der Waals surface area contributed by atoms with Gasteiger partial charge in [0.25, 0.3) is 5.69 Å². The van der Waals surface area contributed by atoms with Crippen molar-refractivity contribution in [3.8, 4) is 0 Å². The summed E-state index contributed by atoms with van der Waals surface area (Å²) in [6, 6.07) is 12.0. The van der Waals surface area contributed by atoms with Crippen molar-refractivity contribution >= 4 is 17.2 Å². The molecule has 3 aromatic carbocycles. The largest absolute Gasteiger partial charge is 0.416 e. The van der Waals surface area contributed by atoms with E-state index in [9.17, 15) is 41.3 Å². The second kappa shape index (κ2) is 9.54. The SMILES string of the molecule is O=C(CC(Nc1ccc([N+](=O)[O-])cc1)c1ccc(C(F)(F)F)cc1)c1cccc(C(F)(F)F)c1. The van der Waals surface area contributed by atoms with E-state index in [1.807, 2.05) is 0 Å². The van der Waals surface area contributed by atoms with Crippen molar-refractivity contribution < 1.29 is 36.1 Å². The van der Waals surface area contributed by atoms with Gasteiger partial charge in [0, 0.05) is 29.8 Å². The summed E-state index contributed by atoms with van der Waals surface area (Å²) < 4.78 is 77.8. The summed E-state index contributed by atoms with van der Waals surface area (Å²) >= 11 is 0. The van der Waals surface area contributed by atoms with Crippen LogP contribution in [0.3, 0.4) is 0 Å². The normalized spacial score (nSPS) is 12.8. The second-order valence-corrected chi connectivity index (χ2v) is 7.33. The van der Waals surface area contributed by atoms with Crippen LogP contribution < -0.4 is 5.32 Å². The first-order valence-corrected chi connectivity index (χ1v) is 9.73. The lowest BCUT2D eigenvalue weighted by atomic mass is 9.96. The highest BCUT2D eigenvalue weighted by atomic mass is 19.4. The van der Waals surface area contributed by atoms with Crippen LogP contribution in [0.25, 0.3) is 0 Å². The summed E-state index contributed by atoms with van der Waals surface area (Å²) in [6.45, 7) is 0. The number of non-ortho nitro benzene ring substituents is 1. The van der Waals surface area contributed by atoms with Crippen molar-refractivity contribution in [1.82, 2.24) is 0 Å². The molecule has 0 fully saturated rings. The molecule has 0 aliphatic carbocycles. The highest BCUT2D eigenvalue weighted by Gasteiger charge is 2.32. The molecule has 178 valence electrons. The monoisotopic (exact) mass is 482 g/mol. The summed E-state index contributed by atoms with van der Waals surface area (Å²) in [5.41, 5.74) is -1.73. The van der Waals surface area contributed by atoms with Gasteiger partial charge in [0.2, 0.25) is 0 Å². The van der Waals surface area contributed by atoms with E-state index >= 15 is 0 Å². The Morgan fingerprint density at radius 3 is 1.97 bits per heavy atom. The number of alkyl halides is 6. The molecule has 0 aromatic heterocycles. The van der Waals surface area contributed by atoms with Crippen molar-refractivity contribution in [3.05, 3.63) is 105 Å². The molecule has 0 spiro atoms. The van der Waals surface area contributed by atoms with Crippen molar-refractivity contribution in [2.75, 3.05) is 5.32 Å². The molecule has 1 atom stereocenters. The zero-order valence-electron chi connectivity index (χ0n) is 17.2. The number of Topliss-reactive ketones (excluding diaryl/α,β-unsaturated/α-hetero) is 1. The Bertz CT molecular complexity index is 1170. The van der Waals surface area contributed by atoms with Crippen molar-refractivity contribution in [2.45, 2.75) is 24.8 Å². The van der Waals surface area contributed by atoms with E-state index in [1.54, 1.807) is 0 Å². The quantitative estimate of drug-likeness (QED) is 0.169. The van der Waals surface area contributed by atoms with E-state index < -0.39 is 40.2 Å². The summed E-state index contributed by atoms with van der Waals surface area (Å²) in [4.78, 5) is 23.0. The van der Waals surface area contributed by atoms with E-state index in [0.717, 1.165) is 36.4 Å². The summed E-state index contributed by atoms with van der Waals surface area (Å²) in [5, 5.41) is 13.8. The lowest BCUT2D eigenvalue weighted by molar-refractivity contribution is -0.384. The van der Waals surface area contributed by atoms with Gasteiger partial charge in [0.15, 0.2) is 5.78 Å². The zero-order valence-corrected chi connectivity index (χ0v) is 17.2. The summed E-state index contributed by atoms with van der Waals surface area (Å²) in [6.07, 6.45) is -9.61. The third-order valence-electron chi connectivity index (χ3n) is 4.96. The van der Waals surface area contributed by atoms with Crippen LogP contribution >= 0.6 is 0 Å². The third kappa shape index (κ3) is 6.12. The van der Waals surface area contributed by atoms with Crippen LogP contribution in [0.5, 0.6) is 0 Å². The highest BCUT2D eigenvalue weighted by molar-refractivity contribution is 5.97. The number of hydrogen-bond donors (Lipinski definition) is 1. The predicted molar refractivity (Wildman–Crippen MR) is 111 cm³/mol. The van der Waals surface area contributed by atoms with Crippen molar-refractivity contribution in [3.63, 3.8) is 0 Å². The van der Waals surface area contributed by atoms with E-state index in [2.05, 4.69) is 5.32 Å². The molecule has 0 radical (unpaired) electrons. The molecule has 0 heterocycles. The first-order chi connectivity index (χ1) is 15.8. The second-order valence-electron chi connectivity index (χ2n) is 7.33. The van der Waals surface area contributed by atoms with Crippen LogP contribution in [0.1, 0.15) is 39.5 Å². The predicted octanol–water partition coefficient (Wildman–Crippen LogP) is 7.06. The van der Waals surface area contributed by atoms with Gasteiger partial charge in [-0.05, 0) is 42.0 Å². The minimum absolute atomic E-state index is 0.198. The molecule has 0 saturated carbocycles. The first kappa shape index (κ1) is 24.7. The standard InChI is InChI=1S/C23H16F6N2O3/c24-22(25,26)16-6-4-14(5-7-16)20(30-18-8-10-19(11-9-18)31(33)34)13-21(32)15-2-1-3-17(12-15)23(27,28)29/h1-12,20,30H,13H2. The van der Waals surface area contributed by atoms with Crippen LogP contribution in [0, 0.1) is 10.1 Å². The lowest BCUT2D eigenvalue weighted by Gasteiger charge is -2.21. The van der Waals surface area contributed by atoms with Gasteiger partial charge in [-0.3, -0.25) is 14.9 Å². The topological polar surface area (TPSA) is 72.2 Å². The molecule has 34 heavy (non-hydrogen) atoms. The number of hydrogen-bond acceptors (Lipinski definition) is 4. The number of carbonyl (C=O) groups is 1. The fourth-order valence-corrected chi connectivity index (χ4v) is 3.21. The Balaban J connectivity index is 1.91. The summed E-state index contributed by atoms with van der Waals surface area (Å²) in [5.74, 6) is -0.676. The number of nitro benzene ring substituents is 1. The number of nitro groups is 1. The van der Waals surface area contributed by atoms with Crippen LogP contribution in [0.2, 0.25) is 0 Å². The number of benzene rings is 3. The first-order valence-electron chi connectivity index (χ1n) is 9.73. The van der Waals surface area contributed by atoms with Gasteiger partial charge in [-0.15, -0.1) is 0 Å². The maximum atomic E-state index is 13.0. The minimum Gasteiger partial charge on any atom is -0.378 e. The van der Waals surface area contributed by atoms with Crippen LogP contribution in [-0.2, 0) is 12.4 Å². The molecule has 3 aromatic rings. The number of rotatable bonds is 7. The van der Waals surface area contributed by atoms with E-state index in [-0.39, 0.29) is 23.2 Å². The van der Waals surface area contributed by atoms with Crippen LogP contribution in [0.15, 0.2) is 72.8 Å². The molecule has 0 aliphatic rings. The number of halogens is 6. The van der Waals surface area contributed by atoms with Gasteiger partial charge in [0.1, 0.15) is 0 Å². The number of anilines is 1. The fraction of sp³-hybridized carbons (Fsp3) is 0.174. The van der Waals surface area contributed by atoms with Gasteiger partial charge in [-0.25, -0.2) is 0 Å². The Labute approximate surface area is 189 Å². The molecule has 0 bridgehead atoms. The maximum Gasteiger partial charge on any atom is 0.416 e. The molecular formula is C23H16F6N2O3. The smallest absolute Gasteiger partial charge is 0.378 e. The van der Waals surface area contributed by atoms with Crippen LogP contribution in [-0.4, -0.2) is 10.7 Å². The fourth-order valence-electron chi connectivity index (χ4n) is 3.21. The van der Waals surface area contributed by atoms with Gasteiger partial charge in [-0.2, -0.15) is 26.3 Å². The molecule has 11 heteroatoms. The lowest BCUT2D eigenvalue weighted by Crippen LogP contribution is -2.17. The van der Waals surface area contributed by atoms with Gasteiger partial charge in [-0.1, -0.05) is 24.3 Å². The molecule has 0 saturated heterocycles. The number of ketones is 1. The maximum absolute atomic E-state index is 13.0. The average Bonchev–Trinajstić information content (AvgIpc) is 2.78. The molecule has 5 nitrogen and oxygen atoms in total. The number of nitrogens with zero attached hydrogens (tertiary/aromatic N) is 1. The van der Waals surface area contributed by atoms with E-state index in [4.69, 9.17) is 0 Å². The van der Waals surface area contributed by atoms with Gasteiger partial charge in [0.05, 0.1) is 22.1 Å². The van der Waals surface area contributed by atoms with E-state index in [1.165, 1.54) is 30.3 Å². The molecule has 1 unspecified atom stereocenters. The number of nitrogens with one attached hydrogen (secondary N) is 1. The third-order valence-corrected chi connectivity index (χ3v) is 4.96. The molecular weight excluding hydrogens is 466 g/mol. The Kier molecular flexibility index (Phi) is 6.94. The van der Waals surface area contributed by atoms with Gasteiger partial charge >= 0.3 is 12.4 Å². The molecule has 0 aliphatic heterocycles. The van der Waals surface area contributed by atoms with E-state index in [0.29, 0.717) is 11.8 Å². The zero-order chi connectivity index (χ0) is 25.1. The highest BCUT2D eigenvalue weighted by Crippen LogP contribution is 2.33. The summed E-state index contributed by atoms with van der Waals surface area (Å²) in [7, 11) is 0. The van der Waals surface area contributed by atoms with Crippen molar-refractivity contribution in [1.29, 1.82) is 0 Å². The average molecular weight is 482 g/mol. The number of carbonyl (C=O) groups excluding carboxylic acids is 1. The van der Waals surface area contributed by atoms with Crippen LogP contribution in [0.4, 0.5) is 37.7 Å². The van der Waals surface area contributed by atoms with Crippen molar-refractivity contribution in [2.24, 2.45) is 0 Å². The Morgan fingerprint density at radius 2 is 1.44 bits per heavy atom. The molecule has 1 N–H and O–H groups in total. The van der Waals surface area contributed by atoms with Gasteiger partial charge < -0.3 is 5.32 Å².